The SMILES string of the molecule is Cc1ccc(C(OC(=O)[C@H](COC(C)(C)C)CC(=O)[C@H](Cc2cn(C(c3ccccc3)(c3ccccc3)c3ccccc3)cn2)NC(=O)C(CC(=O)[C@H](CC(C)C)NC(=O)[C@@H](CC(=O)[C@H](CC(=O)NC(c2ccccc2)(c2ccccc2)c2ccccc2)NC(=O)OCC2c3ccccc3-c3ccccc32)Cc2ccccc2)C(C)C)(c2ccccc2)c2ccccc2Cl)cc1. The van der Waals surface area contributed by atoms with Crippen molar-refractivity contribution in [2.24, 2.45) is 29.6 Å². The second-order valence-corrected chi connectivity index (χ2v) is 36.2. The van der Waals surface area contributed by atoms with Gasteiger partial charge in [-0.1, -0.05) is 379 Å². The van der Waals surface area contributed by atoms with Crippen molar-refractivity contribution in [3.05, 3.63) is 435 Å². The van der Waals surface area contributed by atoms with Gasteiger partial charge in [0.25, 0.3) is 0 Å². The molecule has 668 valence electrons. The van der Waals surface area contributed by atoms with Crippen molar-refractivity contribution in [2.75, 3.05) is 13.2 Å². The molecule has 0 saturated carbocycles. The number of nitrogens with one attached hydrogen (secondary N) is 4. The number of aryl methyl sites for hydroxylation is 1. The Kier molecular flexibility index (Phi) is 30.4. The summed E-state index contributed by atoms with van der Waals surface area (Å²) in [5, 5.41) is 12.7. The lowest BCUT2D eigenvalue weighted by atomic mass is 9.76. The molecule has 12 aromatic carbocycles. The maximum Gasteiger partial charge on any atom is 0.407 e. The van der Waals surface area contributed by atoms with Crippen molar-refractivity contribution in [3.63, 3.8) is 0 Å². The molecule has 4 N–H and O–H groups in total. The molecule has 0 saturated heterocycles. The number of ketones is 3. The third-order valence-corrected chi connectivity index (χ3v) is 25.2. The first-order valence-electron chi connectivity index (χ1n) is 45.1. The van der Waals surface area contributed by atoms with Crippen LogP contribution in [0.2, 0.25) is 5.02 Å². The fourth-order valence-corrected chi connectivity index (χ4v) is 18.5. The van der Waals surface area contributed by atoms with E-state index in [1.807, 2.05) is 357 Å². The van der Waals surface area contributed by atoms with Gasteiger partial charge in [0.2, 0.25) is 17.7 Å². The van der Waals surface area contributed by atoms with Crippen molar-refractivity contribution in [3.8, 4) is 11.1 Å². The molecule has 1 aliphatic rings. The van der Waals surface area contributed by atoms with E-state index < -0.39 is 137 Å². The lowest BCUT2D eigenvalue weighted by Crippen LogP contribution is -2.52. The first-order valence-corrected chi connectivity index (χ1v) is 45.5. The lowest BCUT2D eigenvalue weighted by molar-refractivity contribution is -0.164. The third-order valence-electron chi connectivity index (χ3n) is 24.8. The molecule has 0 spiro atoms. The Labute approximate surface area is 773 Å². The Hall–Kier alpha value is -13.7. The normalized spacial score (nSPS) is 13.9. The molecule has 4 amide bonds. The van der Waals surface area contributed by atoms with Gasteiger partial charge in [0, 0.05) is 71.3 Å². The van der Waals surface area contributed by atoms with E-state index >= 15 is 33.6 Å². The van der Waals surface area contributed by atoms with Crippen LogP contribution in [0.1, 0.15) is 165 Å². The average Bonchev–Trinajstić information content (AvgIpc) is 1.70. The summed E-state index contributed by atoms with van der Waals surface area (Å²) in [5.74, 6) is -9.22. The van der Waals surface area contributed by atoms with E-state index in [0.29, 0.717) is 33.0 Å². The van der Waals surface area contributed by atoms with Crippen LogP contribution in [0.4, 0.5) is 4.79 Å². The second-order valence-electron chi connectivity index (χ2n) is 35.8. The van der Waals surface area contributed by atoms with Crippen LogP contribution in [0.3, 0.4) is 0 Å². The molecule has 1 heterocycles. The number of Topliss-reactive ketones (excluding diaryl/α,β-unsaturated/α-hetero) is 3. The zero-order valence-electron chi connectivity index (χ0n) is 75.3. The van der Waals surface area contributed by atoms with Gasteiger partial charge in [-0.2, -0.15) is 0 Å². The molecule has 17 nitrogen and oxygen atoms in total. The van der Waals surface area contributed by atoms with Gasteiger partial charge in [0.05, 0.1) is 54.7 Å². The zero-order chi connectivity index (χ0) is 92.2. The van der Waals surface area contributed by atoms with Crippen LogP contribution in [0.5, 0.6) is 0 Å². The fourth-order valence-electron chi connectivity index (χ4n) is 18.2. The number of ether oxygens (including phenoxy) is 3. The minimum absolute atomic E-state index is 0.0106. The lowest BCUT2D eigenvalue weighted by Gasteiger charge is -2.37. The Morgan fingerprint density at radius 3 is 1.37 bits per heavy atom. The number of nitrogens with zero attached hydrogens (tertiary/aromatic N) is 2. The summed E-state index contributed by atoms with van der Waals surface area (Å²) in [7, 11) is 0. The third kappa shape index (κ3) is 21.9. The Bertz CT molecular complexity index is 5820. The van der Waals surface area contributed by atoms with Crippen molar-refractivity contribution in [1.82, 2.24) is 30.8 Å². The van der Waals surface area contributed by atoms with Crippen LogP contribution >= 0.6 is 11.6 Å². The van der Waals surface area contributed by atoms with E-state index in [9.17, 15) is 4.79 Å². The molecule has 13 aromatic rings. The van der Waals surface area contributed by atoms with Gasteiger partial charge < -0.3 is 40.0 Å². The van der Waals surface area contributed by atoms with E-state index in [-0.39, 0.29) is 44.3 Å². The minimum atomic E-state index is -1.68. The smallest absolute Gasteiger partial charge is 0.407 e. The summed E-state index contributed by atoms with van der Waals surface area (Å²) in [6.07, 6.45) is 0.505. The molecule has 131 heavy (non-hydrogen) atoms. The first kappa shape index (κ1) is 93.4. The maximum absolute atomic E-state index is 16.3. The summed E-state index contributed by atoms with van der Waals surface area (Å²) in [4.78, 5) is 131. The van der Waals surface area contributed by atoms with Crippen LogP contribution in [0.15, 0.2) is 352 Å². The van der Waals surface area contributed by atoms with Crippen molar-refractivity contribution in [2.45, 2.75) is 147 Å². The number of hydrogen-bond acceptors (Lipinski definition) is 12. The number of halogens is 1. The molecule has 0 aliphatic heterocycles. The number of aromatic nitrogens is 2. The predicted octanol–water partition coefficient (Wildman–Crippen LogP) is 20.6. The largest absolute Gasteiger partial charge is 0.449 e. The van der Waals surface area contributed by atoms with Crippen molar-refractivity contribution >= 4 is 58.7 Å². The number of rotatable bonds is 40. The first-order chi connectivity index (χ1) is 63.3. The molecule has 18 heteroatoms. The number of esters is 1. The topological polar surface area (TPSA) is 230 Å². The monoisotopic (exact) mass is 1760 g/mol. The fraction of sp³-hybridized carbons (Fsp3) is 0.265. The number of fused-ring (bicyclic) bond motifs is 3. The van der Waals surface area contributed by atoms with Gasteiger partial charge in [-0.3, -0.25) is 33.6 Å². The van der Waals surface area contributed by atoms with Crippen LogP contribution in [-0.2, 0) is 77.3 Å². The van der Waals surface area contributed by atoms with Gasteiger partial charge in [0.1, 0.15) is 17.7 Å². The van der Waals surface area contributed by atoms with E-state index in [1.165, 1.54) is 0 Å². The molecule has 0 radical (unpaired) electrons. The number of carbonyl (C=O) groups excluding carboxylic acids is 8. The minimum Gasteiger partial charge on any atom is -0.449 e. The second kappa shape index (κ2) is 42.7. The molecule has 1 aliphatic carbocycles. The molecule has 1 aromatic heterocycles. The molecule has 14 rings (SSSR count). The van der Waals surface area contributed by atoms with Crippen LogP contribution in [-0.4, -0.2) is 93.6 Å². The summed E-state index contributed by atoms with van der Waals surface area (Å²) in [6, 6.07) is 103. The van der Waals surface area contributed by atoms with Crippen molar-refractivity contribution in [1.29, 1.82) is 0 Å². The molecule has 7 atom stereocenters. The van der Waals surface area contributed by atoms with Gasteiger partial charge in [-0.05, 0) is 120 Å². The van der Waals surface area contributed by atoms with Crippen LogP contribution < -0.4 is 21.3 Å². The molecule has 0 bridgehead atoms. The Morgan fingerprint density at radius 1 is 0.443 bits per heavy atom. The standard InChI is InChI=1S/C113H113ClN6O11/c1-76(2)65-99(116-106(125)80(66-79-39-17-9-18-40-79)67-102(121)101(118-109(128)129-74-96-93-57-35-33-55-91(93)92-56-34-36-58-94(92)96)71-105(124)119-111(82-41-19-10-20-42-82,83-43-21-11-22-44-83)84-45-23-12-24-46-84)104(123)70-95(77(3)4)107(126)117-100(69-90-72-120(75-115-90)112(85-47-25-13-26-48-85,86-49-27-14-28-50-86)87-51-29-15-30-52-87)103(122)68-81(73-130-110(6,7)8)108(127)131-113(88-53-31-16-32-54-88,89-63-61-78(5)62-64-89)97-59-37-38-60-98(97)114/h9-64,72,75-77,80-81,95-96,99-101H,65-71,73-74H2,1-8H3,(H,116,125)(H,117,126)(H,118,128)(H,119,124)/t80-,81+,95?,99+,100+,101+,113?/m1/s1. The highest BCUT2D eigenvalue weighted by molar-refractivity contribution is 6.31. The van der Waals surface area contributed by atoms with Crippen LogP contribution in [0.25, 0.3) is 11.1 Å². The van der Waals surface area contributed by atoms with Gasteiger partial charge >= 0.3 is 12.1 Å². The highest BCUT2D eigenvalue weighted by atomic mass is 35.5. The van der Waals surface area contributed by atoms with Gasteiger partial charge in [-0.25, -0.2) is 9.78 Å². The zero-order valence-corrected chi connectivity index (χ0v) is 76.1. The summed E-state index contributed by atoms with van der Waals surface area (Å²) < 4.78 is 21.8. The summed E-state index contributed by atoms with van der Waals surface area (Å²) in [5.41, 5.74) is 7.66. The molecular weight excluding hydrogens is 1650 g/mol. The number of alkyl carbamates (subject to hydrolysis) is 1. The van der Waals surface area contributed by atoms with E-state index in [2.05, 4.69) is 57.7 Å². The van der Waals surface area contributed by atoms with Gasteiger partial charge in [-0.15, -0.1) is 0 Å². The van der Waals surface area contributed by atoms with E-state index in [0.717, 1.165) is 61.2 Å². The molecular formula is C113H113ClN6O11. The van der Waals surface area contributed by atoms with E-state index in [4.69, 9.17) is 30.8 Å². The van der Waals surface area contributed by atoms with Crippen molar-refractivity contribution < 1.29 is 52.6 Å². The van der Waals surface area contributed by atoms with E-state index in [1.54, 1.807) is 18.5 Å². The summed E-state index contributed by atoms with van der Waals surface area (Å²) in [6.45, 7) is 14.6. The number of hydrogen-bond donors (Lipinski definition) is 4. The molecule has 0 fully saturated rings. The van der Waals surface area contributed by atoms with Crippen LogP contribution in [0, 0.1) is 36.5 Å². The number of carbonyl (C=O) groups is 8. The number of imidazole rings is 1. The quantitative estimate of drug-likeness (QED) is 0.0208. The van der Waals surface area contributed by atoms with Gasteiger partial charge in [0.15, 0.2) is 23.0 Å². The highest BCUT2D eigenvalue weighted by Gasteiger charge is 2.47. The highest BCUT2D eigenvalue weighted by Crippen LogP contribution is 2.48. The average molecular weight is 1770 g/mol. The number of amides is 4. The predicted molar refractivity (Wildman–Crippen MR) is 513 cm³/mol. The Morgan fingerprint density at radius 2 is 0.878 bits per heavy atom. The molecule has 2 unspecified atom stereocenters. The maximum atomic E-state index is 16.3. The number of benzene rings is 12. The summed E-state index contributed by atoms with van der Waals surface area (Å²) >= 11 is 7.24. The Balaban J connectivity index is 0.783.